The molecule has 0 unspecified atom stereocenters. The van der Waals surface area contributed by atoms with Crippen LogP contribution in [-0.4, -0.2) is 27.1 Å². The summed E-state index contributed by atoms with van der Waals surface area (Å²) in [5.41, 5.74) is 4.31. The van der Waals surface area contributed by atoms with Gasteiger partial charge in [-0.05, 0) is 36.8 Å². The van der Waals surface area contributed by atoms with Gasteiger partial charge in [0, 0.05) is 17.1 Å². The summed E-state index contributed by atoms with van der Waals surface area (Å²) in [6.07, 6.45) is 1.58. The smallest absolute Gasteiger partial charge is 0.278 e. The Hall–Kier alpha value is -4.39. The highest BCUT2D eigenvalue weighted by atomic mass is 16.5. The molecule has 0 spiro atoms. The number of hydrogen-bond donors (Lipinski definition) is 1. The maximum absolute atomic E-state index is 13.6. The van der Waals surface area contributed by atoms with Crippen molar-refractivity contribution in [2.75, 3.05) is 12.4 Å². The van der Waals surface area contributed by atoms with Crippen molar-refractivity contribution >= 4 is 33.5 Å². The number of amides is 1. The molecule has 34 heavy (non-hydrogen) atoms. The Morgan fingerprint density at radius 1 is 1.03 bits per heavy atom. The van der Waals surface area contributed by atoms with Gasteiger partial charge in [0.25, 0.3) is 5.56 Å². The number of benzene rings is 3. The molecule has 2 heterocycles. The molecule has 1 amide bonds. The third-order valence-corrected chi connectivity index (χ3v) is 5.83. The van der Waals surface area contributed by atoms with Crippen LogP contribution in [0.5, 0.6) is 5.75 Å². The van der Waals surface area contributed by atoms with E-state index in [9.17, 15) is 9.59 Å². The molecule has 0 radical (unpaired) electrons. The zero-order valence-corrected chi connectivity index (χ0v) is 19.0. The summed E-state index contributed by atoms with van der Waals surface area (Å²) in [6.45, 7) is 2.38. The van der Waals surface area contributed by atoms with Gasteiger partial charge in [0.05, 0.1) is 25.5 Å². The Labute approximate surface area is 196 Å². The molecular formula is C27H24N4O3. The molecule has 0 saturated carbocycles. The fraction of sp³-hybridized carbons (Fsp3) is 0.148. The van der Waals surface area contributed by atoms with Crippen LogP contribution >= 0.6 is 0 Å². The maximum atomic E-state index is 13.6. The lowest BCUT2D eigenvalue weighted by Gasteiger charge is -2.10. The first kappa shape index (κ1) is 21.5. The summed E-state index contributed by atoms with van der Waals surface area (Å²) in [6, 6.07) is 22.8. The van der Waals surface area contributed by atoms with E-state index < -0.39 is 0 Å². The molecule has 0 aliphatic rings. The number of fused-ring (bicyclic) bond motifs is 3. The van der Waals surface area contributed by atoms with Crippen molar-refractivity contribution in [2.24, 2.45) is 0 Å². The molecule has 0 bridgehead atoms. The van der Waals surface area contributed by atoms with Crippen LogP contribution in [0.3, 0.4) is 0 Å². The van der Waals surface area contributed by atoms with Crippen molar-refractivity contribution in [3.63, 3.8) is 0 Å². The molecule has 0 aliphatic carbocycles. The predicted octanol–water partition coefficient (Wildman–Crippen LogP) is 4.36. The van der Waals surface area contributed by atoms with E-state index in [1.807, 2.05) is 67.6 Å². The number of carbonyl (C=O) groups excluding carboxylic acids is 1. The third kappa shape index (κ3) is 4.03. The average molecular weight is 453 g/mol. The number of rotatable bonds is 6. The Kier molecular flexibility index (Phi) is 5.59. The van der Waals surface area contributed by atoms with E-state index in [0.29, 0.717) is 29.0 Å². The number of hydrogen-bond acceptors (Lipinski definition) is 4. The molecule has 7 nitrogen and oxygen atoms in total. The van der Waals surface area contributed by atoms with E-state index in [2.05, 4.69) is 10.3 Å². The van der Waals surface area contributed by atoms with Crippen LogP contribution in [-0.2, 0) is 17.9 Å². The number of anilines is 1. The number of aryl methyl sites for hydroxylation is 1. The summed E-state index contributed by atoms with van der Waals surface area (Å²) in [7, 11) is 1.58. The van der Waals surface area contributed by atoms with Crippen LogP contribution in [0.1, 0.15) is 11.1 Å². The number of aromatic nitrogens is 3. The van der Waals surface area contributed by atoms with Gasteiger partial charge in [-0.1, -0.05) is 48.0 Å². The second-order valence-corrected chi connectivity index (χ2v) is 8.25. The standard InChI is InChI=1S/C27H24N4O3/c1-18-11-12-23-22(13-18)25-26(27(33)30(17-28-25)15-19-7-4-3-5-8-19)31(23)16-24(32)29-20-9-6-10-21(14-20)34-2/h3-14,17H,15-16H2,1-2H3,(H,29,32). The van der Waals surface area contributed by atoms with E-state index in [-0.39, 0.29) is 18.0 Å². The van der Waals surface area contributed by atoms with Crippen molar-refractivity contribution in [3.8, 4) is 5.75 Å². The van der Waals surface area contributed by atoms with Gasteiger partial charge < -0.3 is 14.6 Å². The van der Waals surface area contributed by atoms with Crippen LogP contribution in [0.15, 0.2) is 83.9 Å². The van der Waals surface area contributed by atoms with Crippen molar-refractivity contribution in [1.29, 1.82) is 0 Å². The van der Waals surface area contributed by atoms with Crippen LogP contribution in [0.2, 0.25) is 0 Å². The van der Waals surface area contributed by atoms with E-state index in [4.69, 9.17) is 4.74 Å². The van der Waals surface area contributed by atoms with Gasteiger partial charge >= 0.3 is 0 Å². The molecule has 0 aliphatic heterocycles. The van der Waals surface area contributed by atoms with E-state index in [1.165, 1.54) is 0 Å². The van der Waals surface area contributed by atoms with Crippen LogP contribution in [0.4, 0.5) is 5.69 Å². The first-order valence-corrected chi connectivity index (χ1v) is 11.0. The molecule has 3 aromatic carbocycles. The fourth-order valence-corrected chi connectivity index (χ4v) is 4.22. The predicted molar refractivity (Wildman–Crippen MR) is 133 cm³/mol. The number of carbonyl (C=O) groups is 1. The number of nitrogens with zero attached hydrogens (tertiary/aromatic N) is 3. The topological polar surface area (TPSA) is 78.2 Å². The second-order valence-electron chi connectivity index (χ2n) is 8.25. The molecule has 1 N–H and O–H groups in total. The summed E-state index contributed by atoms with van der Waals surface area (Å²) < 4.78 is 8.58. The Balaban J connectivity index is 1.59. The normalized spacial score (nSPS) is 11.1. The largest absolute Gasteiger partial charge is 0.497 e. The highest BCUT2D eigenvalue weighted by Crippen LogP contribution is 2.27. The summed E-state index contributed by atoms with van der Waals surface area (Å²) in [5.74, 6) is 0.406. The molecule has 0 fully saturated rings. The van der Waals surface area contributed by atoms with E-state index >= 15 is 0 Å². The lowest BCUT2D eigenvalue weighted by Crippen LogP contribution is -2.25. The maximum Gasteiger partial charge on any atom is 0.278 e. The van der Waals surface area contributed by atoms with Crippen molar-refractivity contribution in [2.45, 2.75) is 20.0 Å². The van der Waals surface area contributed by atoms with Crippen LogP contribution in [0.25, 0.3) is 21.9 Å². The Morgan fingerprint density at radius 2 is 1.85 bits per heavy atom. The summed E-state index contributed by atoms with van der Waals surface area (Å²) in [5, 5.41) is 3.76. The van der Waals surface area contributed by atoms with Crippen LogP contribution in [0, 0.1) is 6.92 Å². The second kappa shape index (κ2) is 8.86. The van der Waals surface area contributed by atoms with Gasteiger partial charge in [0.2, 0.25) is 5.91 Å². The third-order valence-electron chi connectivity index (χ3n) is 5.83. The SMILES string of the molecule is COc1cccc(NC(=O)Cn2c3ccc(C)cc3c3ncn(Cc4ccccc4)c(=O)c32)c1. The molecular weight excluding hydrogens is 428 g/mol. The monoisotopic (exact) mass is 452 g/mol. The number of methoxy groups -OCH3 is 1. The molecule has 5 rings (SSSR count). The van der Waals surface area contributed by atoms with Gasteiger partial charge in [-0.15, -0.1) is 0 Å². The highest BCUT2D eigenvalue weighted by Gasteiger charge is 2.19. The van der Waals surface area contributed by atoms with Crippen molar-refractivity contribution < 1.29 is 9.53 Å². The Morgan fingerprint density at radius 3 is 2.65 bits per heavy atom. The van der Waals surface area contributed by atoms with E-state index in [1.54, 1.807) is 34.7 Å². The van der Waals surface area contributed by atoms with Gasteiger partial charge in [0.1, 0.15) is 23.3 Å². The van der Waals surface area contributed by atoms with Gasteiger partial charge in [-0.25, -0.2) is 4.98 Å². The van der Waals surface area contributed by atoms with Crippen molar-refractivity contribution in [3.05, 3.63) is 101 Å². The number of ether oxygens (including phenoxy) is 1. The molecule has 2 aromatic heterocycles. The lowest BCUT2D eigenvalue weighted by atomic mass is 10.1. The quantitative estimate of drug-likeness (QED) is 0.415. The van der Waals surface area contributed by atoms with Gasteiger partial charge in [-0.2, -0.15) is 0 Å². The fourth-order valence-electron chi connectivity index (χ4n) is 4.22. The zero-order chi connectivity index (χ0) is 23.7. The first-order valence-electron chi connectivity index (χ1n) is 11.0. The minimum atomic E-state index is -0.245. The average Bonchev–Trinajstić information content (AvgIpc) is 3.14. The molecule has 0 atom stereocenters. The molecule has 7 heteroatoms. The van der Waals surface area contributed by atoms with E-state index in [0.717, 1.165) is 22.0 Å². The van der Waals surface area contributed by atoms with Gasteiger partial charge in [0.15, 0.2) is 0 Å². The summed E-state index contributed by atoms with van der Waals surface area (Å²) in [4.78, 5) is 31.2. The highest BCUT2D eigenvalue weighted by molar-refractivity contribution is 6.06. The lowest BCUT2D eigenvalue weighted by molar-refractivity contribution is -0.116. The molecule has 5 aromatic rings. The minimum Gasteiger partial charge on any atom is -0.497 e. The van der Waals surface area contributed by atoms with Gasteiger partial charge in [-0.3, -0.25) is 14.2 Å². The van der Waals surface area contributed by atoms with Crippen LogP contribution < -0.4 is 15.6 Å². The minimum absolute atomic E-state index is 0.0213. The first-order chi connectivity index (χ1) is 16.5. The summed E-state index contributed by atoms with van der Waals surface area (Å²) >= 11 is 0. The molecule has 0 saturated heterocycles. The number of nitrogens with one attached hydrogen (secondary N) is 1. The van der Waals surface area contributed by atoms with Crippen molar-refractivity contribution in [1.82, 2.24) is 14.1 Å². The Bertz CT molecular complexity index is 1570. The molecule has 170 valence electrons. The zero-order valence-electron chi connectivity index (χ0n) is 19.0.